The zero-order chi connectivity index (χ0) is 46.1. The van der Waals surface area contributed by atoms with Crippen LogP contribution in [-0.4, -0.2) is 110 Å². The van der Waals surface area contributed by atoms with Crippen LogP contribution in [0.5, 0.6) is 0 Å². The number of unbranched alkanes of at least 4 members (excludes halogenated alkanes) is 20. The van der Waals surface area contributed by atoms with Gasteiger partial charge in [-0.1, -0.05) is 142 Å². The van der Waals surface area contributed by atoms with Crippen molar-refractivity contribution in [3.05, 3.63) is 0 Å². The SMILES string of the molecule is CCCCCCCCCCCCCC(=O)OC[C@H](COP(=O)(O)O[C@H](C(=O)C(N)CC(=O)O)[C@@H](O)[C@H](O)C(=O)C(N)CC(=O)O)OC(=O)CCCCCCCCCCCCC.Cl.Cl. The van der Waals surface area contributed by atoms with Gasteiger partial charge in [0.15, 0.2) is 23.8 Å². The van der Waals surface area contributed by atoms with Gasteiger partial charge in [0.2, 0.25) is 0 Å². The quantitative estimate of drug-likeness (QED) is 0.0191. The molecular weight excluding hydrogens is 890 g/mol. The molecule has 0 aliphatic carbocycles. The molecule has 0 spiro atoms. The molecule has 0 heterocycles. The number of phosphoric ester groups is 1. The highest BCUT2D eigenvalue weighted by atomic mass is 35.5. The summed E-state index contributed by atoms with van der Waals surface area (Å²) in [5.74, 6) is -7.48. The normalized spacial score (nSPS) is 15.0. The van der Waals surface area contributed by atoms with E-state index in [1.807, 2.05) is 0 Å². The number of phosphoric acid groups is 1. The third kappa shape index (κ3) is 34.7. The lowest BCUT2D eigenvalue weighted by molar-refractivity contribution is -0.161. The standard InChI is InChI=1S/C42H77N2O16P.2ClH/c1-3-5-7-9-11-13-15-17-19-21-23-25-36(49)57-29-31(59-37(50)26-24-22-20-18-16-14-12-10-8-6-4-2)30-58-61(55,56)60-42(39(52)33(44)28-35(47)48)41(54)40(53)38(51)32(43)27-34(45)46;;/h31-33,40-42,53-54H,3-30,43-44H2,1-2H3,(H,45,46)(H,47,48)(H,55,56);2*1H/t31-,32?,33?,40-,41+,42-;;/m1../s1. The van der Waals surface area contributed by atoms with Gasteiger partial charge in [0, 0.05) is 12.8 Å². The maximum absolute atomic E-state index is 13.2. The van der Waals surface area contributed by atoms with E-state index in [1.54, 1.807) is 0 Å². The van der Waals surface area contributed by atoms with E-state index in [0.717, 1.165) is 57.8 Å². The van der Waals surface area contributed by atoms with E-state index in [9.17, 15) is 48.4 Å². The first-order valence-corrected chi connectivity index (χ1v) is 23.8. The number of aliphatic hydroxyl groups excluding tert-OH is 2. The largest absolute Gasteiger partial charge is 0.481 e. The predicted octanol–water partition coefficient (Wildman–Crippen LogP) is 6.65. The molecule has 0 aliphatic heterocycles. The zero-order valence-electron chi connectivity index (χ0n) is 37.4. The monoisotopic (exact) mass is 968 g/mol. The van der Waals surface area contributed by atoms with Crippen LogP contribution in [0.4, 0.5) is 0 Å². The number of aliphatic hydroxyl groups is 2. The minimum absolute atomic E-state index is 0. The summed E-state index contributed by atoms with van der Waals surface area (Å²) in [6, 6.07) is -3.88. The fourth-order valence-electron chi connectivity index (χ4n) is 6.46. The molecular formula is C42H79Cl2N2O16P. The van der Waals surface area contributed by atoms with Crippen LogP contribution in [0, 0.1) is 0 Å². The van der Waals surface area contributed by atoms with Gasteiger partial charge >= 0.3 is 31.7 Å². The summed E-state index contributed by atoms with van der Waals surface area (Å²) < 4.78 is 33.7. The van der Waals surface area contributed by atoms with Crippen LogP contribution in [0.1, 0.15) is 181 Å². The number of carbonyl (C=O) groups excluding carboxylic acids is 4. The maximum Gasteiger partial charge on any atom is 0.473 e. The Bertz CT molecular complexity index is 1320. The number of carboxylic acid groups (broad SMARTS) is 2. The van der Waals surface area contributed by atoms with Gasteiger partial charge in [-0.05, 0) is 12.8 Å². The number of nitrogens with two attached hydrogens (primary N) is 2. The summed E-state index contributed by atoms with van der Waals surface area (Å²) in [6.45, 7) is 2.84. The molecule has 0 aromatic heterocycles. The molecule has 0 aliphatic rings. The molecule has 0 bridgehead atoms. The Balaban J connectivity index is -0.0000180. The van der Waals surface area contributed by atoms with Gasteiger partial charge in [-0.25, -0.2) is 4.57 Å². The topological polar surface area (TPSA) is 310 Å². The number of carbonyl (C=O) groups is 6. The lowest BCUT2D eigenvalue weighted by Gasteiger charge is -2.29. The van der Waals surface area contributed by atoms with E-state index in [-0.39, 0.29) is 37.7 Å². The van der Waals surface area contributed by atoms with E-state index in [0.29, 0.717) is 12.8 Å². The van der Waals surface area contributed by atoms with Crippen LogP contribution in [0.25, 0.3) is 0 Å². The zero-order valence-corrected chi connectivity index (χ0v) is 39.9. The van der Waals surface area contributed by atoms with E-state index in [1.165, 1.54) is 70.6 Å². The second-order valence-corrected chi connectivity index (χ2v) is 17.2. The molecule has 0 amide bonds. The summed E-state index contributed by atoms with van der Waals surface area (Å²) in [6.07, 6.45) is 12.0. The van der Waals surface area contributed by atoms with Crippen molar-refractivity contribution < 1.29 is 77.2 Å². The van der Waals surface area contributed by atoms with E-state index in [2.05, 4.69) is 13.8 Å². The van der Waals surface area contributed by atoms with Crippen molar-refractivity contribution >= 4 is 68.1 Å². The molecule has 7 atom stereocenters. The summed E-state index contributed by atoms with van der Waals surface area (Å²) in [5.41, 5.74) is 11.1. The summed E-state index contributed by atoms with van der Waals surface area (Å²) in [7, 11) is -5.54. The van der Waals surface area contributed by atoms with Gasteiger partial charge < -0.3 is 46.3 Å². The first-order chi connectivity index (χ1) is 28.9. The van der Waals surface area contributed by atoms with Crippen LogP contribution in [0.3, 0.4) is 0 Å². The molecule has 0 saturated carbocycles. The number of ether oxygens (including phenoxy) is 2. The molecule has 3 unspecified atom stereocenters. The number of esters is 2. The number of Topliss-reactive ketones (excluding diaryl/α,β-unsaturated/α-hetero) is 2. The average Bonchev–Trinajstić information content (AvgIpc) is 3.20. The Kier molecular flexibility index (Phi) is 41.4. The third-order valence-corrected chi connectivity index (χ3v) is 11.1. The summed E-state index contributed by atoms with van der Waals surface area (Å²) in [4.78, 5) is 83.8. The molecule has 0 aromatic carbocycles. The van der Waals surface area contributed by atoms with Crippen LogP contribution < -0.4 is 11.5 Å². The molecule has 9 N–H and O–H groups in total. The molecule has 21 heteroatoms. The highest BCUT2D eigenvalue weighted by molar-refractivity contribution is 7.47. The molecule has 0 rings (SSSR count). The predicted molar refractivity (Wildman–Crippen MR) is 241 cm³/mol. The van der Waals surface area contributed by atoms with Crippen LogP contribution in [0.15, 0.2) is 0 Å². The van der Waals surface area contributed by atoms with Crippen molar-refractivity contribution in [2.45, 2.75) is 217 Å². The lowest BCUT2D eigenvalue weighted by Crippen LogP contribution is -2.54. The molecule has 372 valence electrons. The molecule has 18 nitrogen and oxygen atoms in total. The Morgan fingerprint density at radius 1 is 0.556 bits per heavy atom. The second-order valence-electron chi connectivity index (χ2n) is 15.8. The van der Waals surface area contributed by atoms with Gasteiger partial charge in [0.1, 0.15) is 18.8 Å². The van der Waals surface area contributed by atoms with Gasteiger partial charge in [-0.3, -0.25) is 37.8 Å². The van der Waals surface area contributed by atoms with Crippen LogP contribution in [-0.2, 0) is 51.9 Å². The van der Waals surface area contributed by atoms with E-state index in [4.69, 9.17) is 40.2 Å². The summed E-state index contributed by atoms with van der Waals surface area (Å²) >= 11 is 0. The third-order valence-electron chi connectivity index (χ3n) is 10.1. The number of halogens is 2. The lowest BCUT2D eigenvalue weighted by atomic mass is 9.93. The number of rotatable bonds is 42. The van der Waals surface area contributed by atoms with Crippen molar-refractivity contribution in [2.24, 2.45) is 11.5 Å². The van der Waals surface area contributed by atoms with Gasteiger partial charge in [-0.15, -0.1) is 24.8 Å². The first-order valence-electron chi connectivity index (χ1n) is 22.3. The van der Waals surface area contributed by atoms with Gasteiger partial charge in [-0.2, -0.15) is 0 Å². The number of hydrogen-bond donors (Lipinski definition) is 7. The van der Waals surface area contributed by atoms with Crippen LogP contribution in [0.2, 0.25) is 0 Å². The molecule has 0 aromatic rings. The number of ketones is 2. The number of carboxylic acids is 2. The first kappa shape index (κ1) is 65.0. The number of aliphatic carboxylic acids is 2. The minimum Gasteiger partial charge on any atom is -0.481 e. The highest BCUT2D eigenvalue weighted by Gasteiger charge is 2.44. The minimum atomic E-state index is -5.54. The average molecular weight is 970 g/mol. The van der Waals surface area contributed by atoms with Gasteiger partial charge in [0.05, 0.1) is 31.5 Å². The molecule has 63 heavy (non-hydrogen) atoms. The maximum atomic E-state index is 13.2. The van der Waals surface area contributed by atoms with Crippen molar-refractivity contribution in [1.29, 1.82) is 0 Å². The molecule has 0 radical (unpaired) electrons. The Morgan fingerprint density at radius 3 is 1.32 bits per heavy atom. The fraction of sp³-hybridized carbons (Fsp3) is 0.857. The molecule has 0 fully saturated rings. The second kappa shape index (κ2) is 40.1. The van der Waals surface area contributed by atoms with Gasteiger partial charge in [0.25, 0.3) is 0 Å². The van der Waals surface area contributed by atoms with Crippen molar-refractivity contribution in [3.8, 4) is 0 Å². The van der Waals surface area contributed by atoms with Crippen molar-refractivity contribution in [2.75, 3.05) is 13.2 Å². The van der Waals surface area contributed by atoms with Crippen molar-refractivity contribution in [1.82, 2.24) is 0 Å². The van der Waals surface area contributed by atoms with E-state index < -0.39 is 106 Å². The Hall–Kier alpha value is -2.25. The molecule has 0 saturated heterocycles. The van der Waals surface area contributed by atoms with E-state index >= 15 is 0 Å². The Morgan fingerprint density at radius 2 is 0.921 bits per heavy atom. The fourth-order valence-corrected chi connectivity index (χ4v) is 7.39. The summed E-state index contributed by atoms with van der Waals surface area (Å²) in [5, 5.41) is 39.2. The number of hydrogen-bond acceptors (Lipinski definition) is 15. The Labute approximate surface area is 386 Å². The van der Waals surface area contributed by atoms with Crippen LogP contribution >= 0.6 is 32.6 Å². The van der Waals surface area contributed by atoms with Crippen molar-refractivity contribution in [3.63, 3.8) is 0 Å². The smallest absolute Gasteiger partial charge is 0.473 e. The highest BCUT2D eigenvalue weighted by Crippen LogP contribution is 2.46.